The second-order valence-electron chi connectivity index (χ2n) is 3.74. The van der Waals surface area contributed by atoms with E-state index in [0.29, 0.717) is 17.1 Å². The molecule has 0 saturated heterocycles. The van der Waals surface area contributed by atoms with Gasteiger partial charge in [0.25, 0.3) is 0 Å². The summed E-state index contributed by atoms with van der Waals surface area (Å²) in [5.41, 5.74) is 0.320. The molecule has 19 heavy (non-hydrogen) atoms. The van der Waals surface area contributed by atoms with Crippen LogP contribution in [0.25, 0.3) is 0 Å². The van der Waals surface area contributed by atoms with E-state index >= 15 is 0 Å². The summed E-state index contributed by atoms with van der Waals surface area (Å²) in [5.74, 6) is -0.332. The van der Waals surface area contributed by atoms with Crippen LogP contribution in [0.2, 0.25) is 0 Å². The van der Waals surface area contributed by atoms with Crippen molar-refractivity contribution in [1.82, 2.24) is 0 Å². The standard InChI is InChI=1S/C13H16O6/c1-17-11-5-4-8(6-12(11)18-2)9(14)7-10(15)13(16)19-3/h4-6,10,15H,7H2,1-3H3. The van der Waals surface area contributed by atoms with Crippen LogP contribution in [-0.4, -0.2) is 44.3 Å². The quantitative estimate of drug-likeness (QED) is 0.607. The Kier molecular flexibility index (Phi) is 5.32. The Bertz CT molecular complexity index is 468. The fourth-order valence-corrected chi connectivity index (χ4v) is 1.52. The zero-order chi connectivity index (χ0) is 14.4. The molecule has 0 bridgehead atoms. The van der Waals surface area contributed by atoms with Gasteiger partial charge in [0.15, 0.2) is 23.4 Å². The van der Waals surface area contributed by atoms with Crippen LogP contribution < -0.4 is 9.47 Å². The van der Waals surface area contributed by atoms with E-state index in [1.165, 1.54) is 26.4 Å². The highest BCUT2D eigenvalue weighted by atomic mass is 16.5. The van der Waals surface area contributed by atoms with Crippen LogP contribution in [0.3, 0.4) is 0 Å². The molecule has 1 atom stereocenters. The fourth-order valence-electron chi connectivity index (χ4n) is 1.52. The molecule has 0 spiro atoms. The maximum atomic E-state index is 11.9. The number of esters is 1. The Balaban J connectivity index is 2.85. The molecule has 6 nitrogen and oxygen atoms in total. The number of carbonyl (C=O) groups excluding carboxylic acids is 2. The molecule has 104 valence electrons. The first-order chi connectivity index (χ1) is 9.03. The van der Waals surface area contributed by atoms with Gasteiger partial charge in [-0.3, -0.25) is 4.79 Å². The third-order valence-electron chi connectivity index (χ3n) is 2.56. The fraction of sp³-hybridized carbons (Fsp3) is 0.385. The molecule has 0 aliphatic heterocycles. The summed E-state index contributed by atoms with van der Waals surface area (Å²) >= 11 is 0. The molecule has 1 aromatic rings. The molecule has 0 aliphatic rings. The summed E-state index contributed by atoms with van der Waals surface area (Å²) in [7, 11) is 4.09. The van der Waals surface area contributed by atoms with E-state index in [-0.39, 0.29) is 12.2 Å². The summed E-state index contributed by atoms with van der Waals surface area (Å²) < 4.78 is 14.5. The minimum Gasteiger partial charge on any atom is -0.493 e. The third kappa shape index (κ3) is 3.69. The minimum absolute atomic E-state index is 0.320. The van der Waals surface area contributed by atoms with Crippen LogP contribution in [0, 0.1) is 0 Å². The molecule has 0 saturated carbocycles. The summed E-state index contributed by atoms with van der Waals surface area (Å²) in [6, 6.07) is 4.61. The number of ether oxygens (including phenoxy) is 3. The van der Waals surface area contributed by atoms with Crippen molar-refractivity contribution in [2.24, 2.45) is 0 Å². The maximum absolute atomic E-state index is 11.9. The molecular formula is C13H16O6. The van der Waals surface area contributed by atoms with Crippen LogP contribution in [0.15, 0.2) is 18.2 Å². The van der Waals surface area contributed by atoms with Crippen molar-refractivity contribution in [2.75, 3.05) is 21.3 Å². The van der Waals surface area contributed by atoms with E-state index in [4.69, 9.17) is 9.47 Å². The first kappa shape index (κ1) is 15.0. The largest absolute Gasteiger partial charge is 0.493 e. The van der Waals surface area contributed by atoms with Gasteiger partial charge in [0.05, 0.1) is 21.3 Å². The molecule has 1 rings (SSSR count). The number of rotatable bonds is 6. The molecule has 0 heterocycles. The number of methoxy groups -OCH3 is 3. The van der Waals surface area contributed by atoms with Gasteiger partial charge in [0.1, 0.15) is 0 Å². The smallest absolute Gasteiger partial charge is 0.335 e. The van der Waals surface area contributed by atoms with Crippen molar-refractivity contribution in [2.45, 2.75) is 12.5 Å². The average molecular weight is 268 g/mol. The van der Waals surface area contributed by atoms with Crippen molar-refractivity contribution in [3.05, 3.63) is 23.8 Å². The van der Waals surface area contributed by atoms with Crippen LogP contribution >= 0.6 is 0 Å². The first-order valence-electron chi connectivity index (χ1n) is 5.54. The van der Waals surface area contributed by atoms with Crippen LogP contribution in [0.5, 0.6) is 11.5 Å². The number of aliphatic hydroxyl groups is 1. The van der Waals surface area contributed by atoms with E-state index in [0.717, 1.165) is 7.11 Å². The number of benzene rings is 1. The molecule has 0 fully saturated rings. The number of carbonyl (C=O) groups is 2. The number of hydrogen-bond donors (Lipinski definition) is 1. The van der Waals surface area contributed by atoms with Crippen molar-refractivity contribution >= 4 is 11.8 Å². The minimum atomic E-state index is -1.47. The summed E-state index contributed by atoms with van der Waals surface area (Å²) in [6.45, 7) is 0. The number of aliphatic hydroxyl groups excluding tert-OH is 1. The zero-order valence-electron chi connectivity index (χ0n) is 11.0. The first-order valence-corrected chi connectivity index (χ1v) is 5.54. The normalized spacial score (nSPS) is 11.6. The second kappa shape index (κ2) is 6.75. The maximum Gasteiger partial charge on any atom is 0.335 e. The predicted molar refractivity (Wildman–Crippen MR) is 66.5 cm³/mol. The molecule has 0 aromatic heterocycles. The van der Waals surface area contributed by atoms with Gasteiger partial charge in [-0.1, -0.05) is 0 Å². The molecule has 0 amide bonds. The van der Waals surface area contributed by atoms with Crippen molar-refractivity contribution in [3.8, 4) is 11.5 Å². The van der Waals surface area contributed by atoms with Gasteiger partial charge in [-0.15, -0.1) is 0 Å². The van der Waals surface area contributed by atoms with E-state index in [2.05, 4.69) is 4.74 Å². The van der Waals surface area contributed by atoms with Crippen LogP contribution in [-0.2, 0) is 9.53 Å². The van der Waals surface area contributed by atoms with E-state index in [9.17, 15) is 14.7 Å². The lowest BCUT2D eigenvalue weighted by atomic mass is 10.0. The van der Waals surface area contributed by atoms with Gasteiger partial charge in [-0.25, -0.2) is 4.79 Å². The molecule has 1 aromatic carbocycles. The number of hydrogen-bond acceptors (Lipinski definition) is 6. The Hall–Kier alpha value is -2.08. The highest BCUT2D eigenvalue weighted by Gasteiger charge is 2.21. The lowest BCUT2D eigenvalue weighted by Crippen LogP contribution is -2.25. The zero-order valence-corrected chi connectivity index (χ0v) is 11.0. The molecule has 0 radical (unpaired) electrons. The molecule has 0 aliphatic carbocycles. The van der Waals surface area contributed by atoms with Crippen molar-refractivity contribution in [3.63, 3.8) is 0 Å². The highest BCUT2D eigenvalue weighted by molar-refractivity contribution is 5.99. The summed E-state index contributed by atoms with van der Waals surface area (Å²) in [4.78, 5) is 22.9. The Morgan fingerprint density at radius 3 is 2.32 bits per heavy atom. The van der Waals surface area contributed by atoms with Crippen LogP contribution in [0.1, 0.15) is 16.8 Å². The van der Waals surface area contributed by atoms with Gasteiger partial charge < -0.3 is 19.3 Å². The SMILES string of the molecule is COC(=O)C(O)CC(=O)c1ccc(OC)c(OC)c1. The molecule has 1 unspecified atom stereocenters. The highest BCUT2D eigenvalue weighted by Crippen LogP contribution is 2.28. The molecular weight excluding hydrogens is 252 g/mol. The Morgan fingerprint density at radius 1 is 1.16 bits per heavy atom. The van der Waals surface area contributed by atoms with Crippen molar-refractivity contribution < 1.29 is 28.9 Å². The van der Waals surface area contributed by atoms with Gasteiger partial charge >= 0.3 is 5.97 Å². The lowest BCUT2D eigenvalue weighted by Gasteiger charge is -2.10. The van der Waals surface area contributed by atoms with E-state index < -0.39 is 12.1 Å². The average Bonchev–Trinajstić information content (AvgIpc) is 2.45. The Labute approximate surface area is 110 Å². The van der Waals surface area contributed by atoms with E-state index in [1.54, 1.807) is 6.07 Å². The summed E-state index contributed by atoms with van der Waals surface area (Å²) in [5, 5.41) is 9.43. The topological polar surface area (TPSA) is 82.1 Å². The lowest BCUT2D eigenvalue weighted by molar-refractivity contribution is -0.150. The Morgan fingerprint density at radius 2 is 1.79 bits per heavy atom. The van der Waals surface area contributed by atoms with Gasteiger partial charge in [-0.2, -0.15) is 0 Å². The summed E-state index contributed by atoms with van der Waals surface area (Å²) in [6.07, 6.45) is -1.81. The van der Waals surface area contributed by atoms with Gasteiger partial charge in [-0.05, 0) is 18.2 Å². The van der Waals surface area contributed by atoms with E-state index in [1.807, 2.05) is 0 Å². The van der Waals surface area contributed by atoms with Gasteiger partial charge in [0.2, 0.25) is 0 Å². The van der Waals surface area contributed by atoms with Gasteiger partial charge in [0, 0.05) is 12.0 Å². The molecule has 6 heteroatoms. The molecule has 1 N–H and O–H groups in total. The number of Topliss-reactive ketones (excluding diaryl/α,β-unsaturated/α-hetero) is 1. The predicted octanol–water partition coefficient (Wildman–Crippen LogP) is 0.810. The second-order valence-corrected chi connectivity index (χ2v) is 3.74. The third-order valence-corrected chi connectivity index (χ3v) is 2.56. The van der Waals surface area contributed by atoms with Crippen molar-refractivity contribution in [1.29, 1.82) is 0 Å². The number of ketones is 1. The monoisotopic (exact) mass is 268 g/mol. The van der Waals surface area contributed by atoms with Crippen LogP contribution in [0.4, 0.5) is 0 Å².